The summed E-state index contributed by atoms with van der Waals surface area (Å²) in [7, 11) is 0. The first-order valence-electron chi connectivity index (χ1n) is 9.31. The van der Waals surface area contributed by atoms with Crippen molar-refractivity contribution in [1.29, 1.82) is 0 Å². The van der Waals surface area contributed by atoms with Gasteiger partial charge in [-0.2, -0.15) is 0 Å². The van der Waals surface area contributed by atoms with Crippen molar-refractivity contribution in [2.45, 2.75) is 39.7 Å². The molecule has 132 valence electrons. The first kappa shape index (κ1) is 17.5. The molecule has 0 radical (unpaired) electrons. The number of rotatable bonds is 5. The second-order valence-electron chi connectivity index (χ2n) is 6.93. The largest absolute Gasteiger partial charge is 0.378 e. The van der Waals surface area contributed by atoms with Crippen LogP contribution in [0.4, 0.5) is 5.69 Å². The summed E-state index contributed by atoms with van der Waals surface area (Å²) in [6, 6.07) is 17.2. The Labute approximate surface area is 151 Å². The highest BCUT2D eigenvalue weighted by Crippen LogP contribution is 2.39. The van der Waals surface area contributed by atoms with E-state index in [1.165, 1.54) is 22.4 Å². The molecule has 2 atom stereocenters. The zero-order valence-corrected chi connectivity index (χ0v) is 15.5. The molecule has 1 unspecified atom stereocenters. The third kappa shape index (κ3) is 3.87. The van der Waals surface area contributed by atoms with E-state index in [-0.39, 0.29) is 17.9 Å². The van der Waals surface area contributed by atoms with E-state index in [4.69, 9.17) is 0 Å². The smallest absolute Gasteiger partial charge is 0.222 e. The topological polar surface area (TPSA) is 32.3 Å². The molecule has 0 fully saturated rings. The molecule has 25 heavy (non-hydrogen) atoms. The van der Waals surface area contributed by atoms with E-state index in [9.17, 15) is 4.79 Å². The van der Waals surface area contributed by atoms with E-state index in [1.807, 2.05) is 24.8 Å². The summed E-state index contributed by atoms with van der Waals surface area (Å²) in [6.45, 7) is 7.78. The Bertz CT molecular complexity index is 722. The Morgan fingerprint density at radius 3 is 2.52 bits per heavy atom. The molecule has 0 saturated carbocycles. The lowest BCUT2D eigenvalue weighted by Gasteiger charge is -2.36. The molecule has 0 bridgehead atoms. The zero-order valence-electron chi connectivity index (χ0n) is 15.5. The monoisotopic (exact) mass is 336 g/mol. The highest BCUT2D eigenvalue weighted by Gasteiger charge is 2.31. The quantitative estimate of drug-likeness (QED) is 0.867. The zero-order chi connectivity index (χ0) is 17.8. The lowest BCUT2D eigenvalue weighted by atomic mass is 9.81. The molecule has 1 heterocycles. The minimum Gasteiger partial charge on any atom is -0.378 e. The number of amides is 1. The summed E-state index contributed by atoms with van der Waals surface area (Å²) < 4.78 is 0. The lowest BCUT2D eigenvalue weighted by molar-refractivity contribution is -0.132. The molecular formula is C22H28N2O. The van der Waals surface area contributed by atoms with Gasteiger partial charge in [-0.05, 0) is 50.3 Å². The summed E-state index contributed by atoms with van der Waals surface area (Å²) in [5.41, 5.74) is 5.05. The van der Waals surface area contributed by atoms with Crippen molar-refractivity contribution in [3.63, 3.8) is 0 Å². The van der Waals surface area contributed by atoms with Crippen LogP contribution in [0.15, 0.2) is 48.5 Å². The van der Waals surface area contributed by atoms with E-state index in [1.54, 1.807) is 0 Å². The summed E-state index contributed by atoms with van der Waals surface area (Å²) in [6.07, 6.45) is 1.53. The normalized spacial score (nSPS) is 19.0. The van der Waals surface area contributed by atoms with Crippen LogP contribution in [0, 0.1) is 12.8 Å². The lowest BCUT2D eigenvalue weighted by Crippen LogP contribution is -2.36. The Morgan fingerprint density at radius 2 is 1.84 bits per heavy atom. The van der Waals surface area contributed by atoms with Crippen molar-refractivity contribution in [3.05, 3.63) is 65.2 Å². The predicted molar refractivity (Wildman–Crippen MR) is 104 cm³/mol. The van der Waals surface area contributed by atoms with E-state index < -0.39 is 0 Å². The Morgan fingerprint density at radius 1 is 1.12 bits per heavy atom. The minimum atomic E-state index is 0.177. The SMILES string of the molecule is CCN(CC)C(=O)CC1Cc2cc(C)ccc2N[C@@H]1c1ccccc1. The van der Waals surface area contributed by atoms with Crippen molar-refractivity contribution < 1.29 is 4.79 Å². The molecule has 3 heteroatoms. The number of aryl methyl sites for hydroxylation is 1. The second kappa shape index (κ2) is 7.73. The summed E-state index contributed by atoms with van der Waals surface area (Å²) >= 11 is 0. The molecule has 0 aliphatic carbocycles. The molecular weight excluding hydrogens is 308 g/mol. The average Bonchev–Trinajstić information content (AvgIpc) is 2.63. The number of benzene rings is 2. The molecule has 1 amide bonds. The van der Waals surface area contributed by atoms with Gasteiger partial charge in [-0.15, -0.1) is 0 Å². The second-order valence-corrected chi connectivity index (χ2v) is 6.93. The van der Waals surface area contributed by atoms with Crippen LogP contribution in [0.3, 0.4) is 0 Å². The first-order chi connectivity index (χ1) is 12.1. The van der Waals surface area contributed by atoms with Crippen LogP contribution in [0.2, 0.25) is 0 Å². The van der Waals surface area contributed by atoms with Crippen molar-refractivity contribution in [2.24, 2.45) is 5.92 Å². The first-order valence-corrected chi connectivity index (χ1v) is 9.31. The predicted octanol–water partition coefficient (Wildman–Crippen LogP) is 4.58. The Kier molecular flexibility index (Phi) is 5.42. The van der Waals surface area contributed by atoms with Gasteiger partial charge in [0.25, 0.3) is 0 Å². The molecule has 1 aliphatic rings. The van der Waals surface area contributed by atoms with Crippen molar-refractivity contribution >= 4 is 11.6 Å². The van der Waals surface area contributed by atoms with Crippen LogP contribution >= 0.6 is 0 Å². The van der Waals surface area contributed by atoms with Gasteiger partial charge in [-0.25, -0.2) is 0 Å². The van der Waals surface area contributed by atoms with Gasteiger partial charge in [0.1, 0.15) is 0 Å². The molecule has 0 spiro atoms. The number of carbonyl (C=O) groups is 1. The summed E-state index contributed by atoms with van der Waals surface area (Å²) in [5.74, 6) is 0.527. The standard InChI is InChI=1S/C22H28N2O/c1-4-24(5-2)21(25)15-19-14-18-13-16(3)11-12-20(18)23-22(19)17-9-7-6-8-10-17/h6-13,19,22-23H,4-5,14-15H2,1-3H3/t19?,22-/m1/s1. The number of hydrogen-bond acceptors (Lipinski definition) is 2. The highest BCUT2D eigenvalue weighted by molar-refractivity contribution is 5.77. The third-order valence-electron chi connectivity index (χ3n) is 5.24. The molecule has 3 rings (SSSR count). The maximum Gasteiger partial charge on any atom is 0.222 e. The summed E-state index contributed by atoms with van der Waals surface area (Å²) in [5, 5.41) is 3.70. The van der Waals surface area contributed by atoms with E-state index in [0.717, 1.165) is 19.5 Å². The van der Waals surface area contributed by atoms with Crippen LogP contribution < -0.4 is 5.32 Å². The number of nitrogens with zero attached hydrogens (tertiary/aromatic N) is 1. The van der Waals surface area contributed by atoms with Gasteiger partial charge in [-0.3, -0.25) is 4.79 Å². The van der Waals surface area contributed by atoms with E-state index >= 15 is 0 Å². The highest BCUT2D eigenvalue weighted by atomic mass is 16.2. The number of carbonyl (C=O) groups excluding carboxylic acids is 1. The van der Waals surface area contributed by atoms with Crippen LogP contribution in [-0.2, 0) is 11.2 Å². The van der Waals surface area contributed by atoms with Crippen LogP contribution in [0.25, 0.3) is 0 Å². The molecule has 0 saturated heterocycles. The van der Waals surface area contributed by atoms with Crippen molar-refractivity contribution in [3.8, 4) is 0 Å². The average molecular weight is 336 g/mol. The van der Waals surface area contributed by atoms with Gasteiger partial charge in [0.2, 0.25) is 5.91 Å². The molecule has 1 aliphatic heterocycles. The molecule has 0 aromatic heterocycles. The van der Waals surface area contributed by atoms with Gasteiger partial charge in [0.15, 0.2) is 0 Å². The fraction of sp³-hybridized carbons (Fsp3) is 0.409. The maximum atomic E-state index is 12.7. The molecule has 3 nitrogen and oxygen atoms in total. The molecule has 1 N–H and O–H groups in total. The van der Waals surface area contributed by atoms with Gasteiger partial charge < -0.3 is 10.2 Å². The molecule has 2 aromatic rings. The van der Waals surface area contributed by atoms with Crippen LogP contribution in [0.1, 0.15) is 43.0 Å². The van der Waals surface area contributed by atoms with Gasteiger partial charge in [0.05, 0.1) is 6.04 Å². The Balaban J connectivity index is 1.90. The van der Waals surface area contributed by atoms with E-state index in [0.29, 0.717) is 6.42 Å². The third-order valence-corrected chi connectivity index (χ3v) is 5.24. The minimum absolute atomic E-state index is 0.177. The van der Waals surface area contributed by atoms with E-state index in [2.05, 4.69) is 54.7 Å². The number of anilines is 1. The van der Waals surface area contributed by atoms with Crippen molar-refractivity contribution in [1.82, 2.24) is 4.90 Å². The number of fused-ring (bicyclic) bond motifs is 1. The van der Waals surface area contributed by atoms with Gasteiger partial charge in [-0.1, -0.05) is 48.0 Å². The van der Waals surface area contributed by atoms with Crippen LogP contribution in [-0.4, -0.2) is 23.9 Å². The van der Waals surface area contributed by atoms with Gasteiger partial charge >= 0.3 is 0 Å². The summed E-state index contributed by atoms with van der Waals surface area (Å²) in [4.78, 5) is 14.7. The Hall–Kier alpha value is -2.29. The van der Waals surface area contributed by atoms with Gasteiger partial charge in [0, 0.05) is 25.2 Å². The maximum absolute atomic E-state index is 12.7. The molecule has 2 aromatic carbocycles. The number of nitrogens with one attached hydrogen (secondary N) is 1. The van der Waals surface area contributed by atoms with Crippen molar-refractivity contribution in [2.75, 3.05) is 18.4 Å². The fourth-order valence-corrected chi connectivity index (χ4v) is 3.85. The number of hydrogen-bond donors (Lipinski definition) is 1. The van der Waals surface area contributed by atoms with Crippen LogP contribution in [0.5, 0.6) is 0 Å². The fourth-order valence-electron chi connectivity index (χ4n) is 3.85.